The van der Waals surface area contributed by atoms with Crippen LogP contribution >= 0.6 is 35.1 Å². The zero-order valence-electron chi connectivity index (χ0n) is 15.5. The molecular weight excluding hydrogens is 400 g/mol. The van der Waals surface area contributed by atoms with E-state index in [-0.39, 0.29) is 11.9 Å². The van der Waals surface area contributed by atoms with Gasteiger partial charge in [-0.1, -0.05) is 17.7 Å². The Balaban J connectivity index is 2.03. The summed E-state index contributed by atoms with van der Waals surface area (Å²) in [5, 5.41) is 19.3. The summed E-state index contributed by atoms with van der Waals surface area (Å²) in [7, 11) is 1.85. The van der Waals surface area contributed by atoms with Gasteiger partial charge in [-0.25, -0.2) is 0 Å². The van der Waals surface area contributed by atoms with Gasteiger partial charge in [0.25, 0.3) is 0 Å². The van der Waals surface area contributed by atoms with Gasteiger partial charge >= 0.3 is 0 Å². The molecule has 0 fully saturated rings. The molecule has 3 N–H and O–H groups in total. The first kappa shape index (κ1) is 21.5. The fourth-order valence-electron chi connectivity index (χ4n) is 2.20. The summed E-state index contributed by atoms with van der Waals surface area (Å²) >= 11 is 9.58. The van der Waals surface area contributed by atoms with E-state index >= 15 is 0 Å². The van der Waals surface area contributed by atoms with Gasteiger partial charge in [-0.05, 0) is 42.7 Å². The Kier molecular flexibility index (Phi) is 8.34. The van der Waals surface area contributed by atoms with Crippen molar-refractivity contribution >= 4 is 58.4 Å². The first-order valence-corrected chi connectivity index (χ1v) is 10.8. The highest BCUT2D eigenvalue weighted by Crippen LogP contribution is 2.29. The van der Waals surface area contributed by atoms with Gasteiger partial charge in [-0.3, -0.25) is 10.8 Å². The molecule has 0 bridgehead atoms. The van der Waals surface area contributed by atoms with Crippen LogP contribution in [0.2, 0.25) is 5.02 Å². The maximum absolute atomic E-state index is 8.38. The molecule has 0 atom stereocenters. The van der Waals surface area contributed by atoms with Gasteiger partial charge in [-0.15, -0.1) is 23.5 Å². The zero-order valence-corrected chi connectivity index (χ0v) is 17.9. The molecule has 0 radical (unpaired) electrons. The minimum atomic E-state index is 0.219. The summed E-state index contributed by atoms with van der Waals surface area (Å²) in [5.41, 5.74) is 1.61. The average Bonchev–Trinajstić information content (AvgIpc) is 2.66. The molecule has 8 heteroatoms. The number of rotatable bonds is 7. The number of thioether (sulfide) groups is 2. The molecule has 0 saturated heterocycles. The number of halogens is 1. The minimum Gasteiger partial charge on any atom is -0.481 e. The van der Waals surface area contributed by atoms with E-state index in [9.17, 15) is 0 Å². The molecule has 0 aliphatic heterocycles. The van der Waals surface area contributed by atoms with E-state index in [1.807, 2.05) is 55.8 Å². The Labute approximate surface area is 173 Å². The molecule has 27 heavy (non-hydrogen) atoms. The molecule has 0 saturated carbocycles. The summed E-state index contributed by atoms with van der Waals surface area (Å²) in [6, 6.07) is 13.7. The maximum Gasteiger partial charge on any atom is 0.199 e. The van der Waals surface area contributed by atoms with Crippen LogP contribution in [0.5, 0.6) is 0 Å². The van der Waals surface area contributed by atoms with E-state index < -0.39 is 0 Å². The molecule has 5 nitrogen and oxygen atoms in total. The Morgan fingerprint density at radius 2 is 1.96 bits per heavy atom. The lowest BCUT2D eigenvalue weighted by molar-refractivity contribution is 0.325. The monoisotopic (exact) mass is 422 g/mol. The van der Waals surface area contributed by atoms with E-state index in [0.29, 0.717) is 17.3 Å². The Hall–Kier alpha value is -1.83. The van der Waals surface area contributed by atoms with Crippen LogP contribution in [0.4, 0.5) is 11.4 Å². The highest BCUT2D eigenvalue weighted by molar-refractivity contribution is 7.99. The van der Waals surface area contributed by atoms with Crippen molar-refractivity contribution < 1.29 is 4.74 Å². The number of ether oxygens (including phenoxy) is 1. The van der Waals surface area contributed by atoms with Crippen LogP contribution in [0, 0.1) is 10.8 Å². The highest BCUT2D eigenvalue weighted by atomic mass is 35.5. The van der Waals surface area contributed by atoms with Crippen molar-refractivity contribution in [3.05, 3.63) is 47.5 Å². The summed E-state index contributed by atoms with van der Waals surface area (Å²) in [5.74, 6) is 1.19. The molecular formula is C19H23ClN4OS2. The van der Waals surface area contributed by atoms with Crippen molar-refractivity contribution in [3.8, 4) is 0 Å². The molecule has 0 aliphatic rings. The fourth-order valence-corrected chi connectivity index (χ4v) is 3.59. The Morgan fingerprint density at radius 1 is 1.19 bits per heavy atom. The number of nitrogens with zero attached hydrogens (tertiary/aromatic N) is 1. The highest BCUT2D eigenvalue weighted by Gasteiger charge is 2.11. The second-order valence-electron chi connectivity index (χ2n) is 5.63. The smallest absolute Gasteiger partial charge is 0.199 e. The third-order valence-electron chi connectivity index (χ3n) is 3.64. The van der Waals surface area contributed by atoms with Crippen LogP contribution in [-0.4, -0.2) is 37.5 Å². The maximum atomic E-state index is 8.38. The Bertz CT molecular complexity index is 816. The first-order chi connectivity index (χ1) is 12.9. The van der Waals surface area contributed by atoms with Crippen molar-refractivity contribution in [2.45, 2.75) is 16.7 Å². The van der Waals surface area contributed by atoms with Crippen molar-refractivity contribution in [3.63, 3.8) is 0 Å². The molecule has 144 valence electrons. The molecule has 2 aromatic carbocycles. The molecule has 0 unspecified atom stereocenters. The molecule has 0 aromatic heterocycles. The topological polar surface area (TPSA) is 72.2 Å². The van der Waals surface area contributed by atoms with Crippen molar-refractivity contribution in [2.24, 2.45) is 0 Å². The molecule has 2 aromatic rings. The van der Waals surface area contributed by atoms with Crippen molar-refractivity contribution in [1.29, 1.82) is 10.8 Å². The van der Waals surface area contributed by atoms with E-state index in [4.69, 9.17) is 27.2 Å². The second kappa shape index (κ2) is 10.5. The standard InChI is InChI=1S/C19H23ClN4OS2/c1-13(21)25-9-10-27-16-7-8-17(20)18(12-16)23-19(22)24(2)14-5-4-6-15(11-14)26-3/h4-8,11-12,21H,9-10H2,1-3H3,(H2,22,23). The summed E-state index contributed by atoms with van der Waals surface area (Å²) in [6.45, 7) is 2.10. The first-order valence-electron chi connectivity index (χ1n) is 8.24. The predicted octanol–water partition coefficient (Wildman–Crippen LogP) is 5.65. The van der Waals surface area contributed by atoms with Gasteiger partial charge in [0, 0.05) is 35.2 Å². The van der Waals surface area contributed by atoms with Gasteiger partial charge in [0.1, 0.15) is 0 Å². The number of nitrogens with one attached hydrogen (secondary N) is 3. The minimum absolute atomic E-state index is 0.219. The fraction of sp³-hybridized carbons (Fsp3) is 0.263. The summed E-state index contributed by atoms with van der Waals surface area (Å²) < 4.78 is 5.16. The van der Waals surface area contributed by atoms with Crippen LogP contribution in [0.3, 0.4) is 0 Å². The van der Waals surface area contributed by atoms with Crippen LogP contribution in [0.1, 0.15) is 6.92 Å². The lowest BCUT2D eigenvalue weighted by Crippen LogP contribution is -2.32. The average molecular weight is 423 g/mol. The molecule has 0 amide bonds. The number of hydrogen-bond donors (Lipinski definition) is 3. The van der Waals surface area contributed by atoms with Gasteiger partial charge < -0.3 is 15.0 Å². The van der Waals surface area contributed by atoms with Gasteiger partial charge in [0.2, 0.25) is 0 Å². The zero-order chi connectivity index (χ0) is 19.8. The van der Waals surface area contributed by atoms with Crippen LogP contribution in [0.25, 0.3) is 0 Å². The lowest BCUT2D eigenvalue weighted by atomic mass is 10.3. The number of anilines is 2. The summed E-state index contributed by atoms with van der Waals surface area (Å²) in [4.78, 5) is 3.94. The van der Waals surface area contributed by atoms with Gasteiger partial charge in [-0.2, -0.15) is 0 Å². The lowest BCUT2D eigenvalue weighted by Gasteiger charge is -2.22. The largest absolute Gasteiger partial charge is 0.481 e. The number of hydrogen-bond acceptors (Lipinski definition) is 5. The van der Waals surface area contributed by atoms with Gasteiger partial charge in [0.05, 0.1) is 17.3 Å². The van der Waals surface area contributed by atoms with Crippen molar-refractivity contribution in [2.75, 3.05) is 35.9 Å². The molecule has 0 aliphatic carbocycles. The predicted molar refractivity (Wildman–Crippen MR) is 120 cm³/mol. The van der Waals surface area contributed by atoms with Gasteiger partial charge in [0.15, 0.2) is 11.9 Å². The quantitative estimate of drug-likeness (QED) is 0.232. The molecule has 0 heterocycles. The van der Waals surface area contributed by atoms with E-state index in [1.165, 1.54) is 0 Å². The van der Waals surface area contributed by atoms with E-state index in [2.05, 4.69) is 5.32 Å². The van der Waals surface area contributed by atoms with E-state index in [1.54, 1.807) is 35.3 Å². The Morgan fingerprint density at radius 3 is 2.67 bits per heavy atom. The summed E-state index contributed by atoms with van der Waals surface area (Å²) in [6.07, 6.45) is 2.03. The normalized spacial score (nSPS) is 10.4. The van der Waals surface area contributed by atoms with Crippen LogP contribution < -0.4 is 10.2 Å². The SMILES string of the molecule is CSc1cccc(N(C)C(=N)Nc2cc(SCCOC(C)=N)ccc2Cl)c1. The third-order valence-corrected chi connectivity index (χ3v) is 5.65. The van der Waals surface area contributed by atoms with Crippen molar-refractivity contribution in [1.82, 2.24) is 0 Å². The number of guanidine groups is 1. The number of benzene rings is 2. The van der Waals surface area contributed by atoms with E-state index in [0.717, 1.165) is 21.2 Å². The third kappa shape index (κ3) is 6.68. The van der Waals surface area contributed by atoms with Crippen LogP contribution in [0.15, 0.2) is 52.3 Å². The van der Waals surface area contributed by atoms with Crippen LogP contribution in [-0.2, 0) is 4.74 Å². The second-order valence-corrected chi connectivity index (χ2v) is 8.08. The molecule has 0 spiro atoms. The molecule has 2 rings (SSSR count).